The summed E-state index contributed by atoms with van der Waals surface area (Å²) in [6, 6.07) is 12.1. The Labute approximate surface area is 286 Å². The van der Waals surface area contributed by atoms with Crippen LogP contribution < -0.4 is 14.2 Å². The normalized spacial score (nSPS) is 24.2. The van der Waals surface area contributed by atoms with Crippen LogP contribution in [0.4, 0.5) is 0 Å². The highest BCUT2D eigenvalue weighted by Gasteiger charge is 2.60. The molecule has 3 heterocycles. The maximum atomic E-state index is 12.2. The lowest BCUT2D eigenvalue weighted by Gasteiger charge is -2.51. The minimum Gasteiger partial charge on any atom is -0.508 e. The molecule has 2 bridgehead atoms. The van der Waals surface area contributed by atoms with Gasteiger partial charge in [0, 0.05) is 58.1 Å². The van der Waals surface area contributed by atoms with E-state index in [0.717, 1.165) is 54.6 Å². The van der Waals surface area contributed by atoms with E-state index >= 15 is 0 Å². The van der Waals surface area contributed by atoms with Crippen LogP contribution in [0.15, 0.2) is 66.7 Å². The lowest BCUT2D eigenvalue weighted by atomic mass is 9.72. The van der Waals surface area contributed by atoms with E-state index in [0.29, 0.717) is 0 Å². The Bertz CT molecular complexity index is 2260. The van der Waals surface area contributed by atoms with Crippen molar-refractivity contribution in [3.8, 4) is 74.7 Å². The number of rotatable bonds is 3. The summed E-state index contributed by atoms with van der Waals surface area (Å²) in [5.41, 5.74) is -0.640. The van der Waals surface area contributed by atoms with Gasteiger partial charge in [0.1, 0.15) is 64.0 Å². The van der Waals surface area contributed by atoms with Crippen LogP contribution in [0.3, 0.4) is 0 Å². The average Bonchev–Trinajstić information content (AvgIpc) is 3.04. The minimum absolute atomic E-state index is 0.0303. The molecule has 262 valence electrons. The maximum absolute atomic E-state index is 12.2. The molecule has 3 aliphatic heterocycles. The second kappa shape index (κ2) is 10.7. The van der Waals surface area contributed by atoms with Gasteiger partial charge in [-0.1, -0.05) is 6.07 Å². The van der Waals surface area contributed by atoms with Crippen molar-refractivity contribution >= 4 is 0 Å². The molecule has 0 amide bonds. The third-order valence-electron chi connectivity index (χ3n) is 9.60. The van der Waals surface area contributed by atoms with E-state index in [4.69, 9.17) is 14.2 Å². The number of ether oxygens (including phenoxy) is 3. The smallest absolute Gasteiger partial charge is 0.305 e. The van der Waals surface area contributed by atoms with Gasteiger partial charge in [-0.05, 0) is 35.9 Å². The summed E-state index contributed by atoms with van der Waals surface area (Å²) in [6.07, 6.45) is -5.06. The number of hydrogen-bond acceptors (Lipinski definition) is 15. The van der Waals surface area contributed by atoms with Crippen molar-refractivity contribution in [3.63, 3.8) is 0 Å². The summed E-state index contributed by atoms with van der Waals surface area (Å²) >= 11 is 0. The van der Waals surface area contributed by atoms with Gasteiger partial charge < -0.3 is 75.5 Å². The lowest BCUT2D eigenvalue weighted by molar-refractivity contribution is -0.219. The van der Waals surface area contributed by atoms with Crippen molar-refractivity contribution in [1.29, 1.82) is 0 Å². The van der Waals surface area contributed by atoms with Crippen LogP contribution in [0.25, 0.3) is 0 Å². The SMILES string of the molecule is Oc1cc(O)c(C2c3c(O)cc4c(c3OC(c3ccc(O)c(O)c3)C2O)C2c3c(O)cc(O)cc3OC(c3ccc(O)c(O)c3)(O4)C2O)c(O)c1. The van der Waals surface area contributed by atoms with E-state index in [2.05, 4.69) is 0 Å². The lowest BCUT2D eigenvalue weighted by Crippen LogP contribution is -2.57. The Morgan fingerprint density at radius 3 is 1.65 bits per heavy atom. The number of hydrogen-bond donors (Lipinski definition) is 12. The fraction of sp³-hybridized carbons (Fsp3) is 0.167. The molecule has 12 N–H and O–H groups in total. The number of phenols is 10. The van der Waals surface area contributed by atoms with Crippen LogP contribution in [0.2, 0.25) is 0 Å². The van der Waals surface area contributed by atoms with Crippen LogP contribution in [-0.2, 0) is 5.79 Å². The molecule has 0 radical (unpaired) electrons. The van der Waals surface area contributed by atoms with Crippen molar-refractivity contribution in [1.82, 2.24) is 0 Å². The van der Waals surface area contributed by atoms with E-state index in [1.165, 1.54) is 12.1 Å². The molecule has 0 spiro atoms. The van der Waals surface area contributed by atoms with Crippen molar-refractivity contribution < 1.29 is 75.5 Å². The molecule has 0 fully saturated rings. The number of fused-ring (bicyclic) bond motifs is 8. The van der Waals surface area contributed by atoms with Crippen LogP contribution >= 0.6 is 0 Å². The predicted octanol–water partition coefficient (Wildman–Crippen LogP) is 3.50. The van der Waals surface area contributed by atoms with Gasteiger partial charge in [0.2, 0.25) is 0 Å². The molecular weight excluding hydrogens is 672 g/mol. The first-order valence-electron chi connectivity index (χ1n) is 15.4. The van der Waals surface area contributed by atoms with Crippen molar-refractivity contribution in [3.05, 3.63) is 100 Å². The Hall–Kier alpha value is -6.58. The van der Waals surface area contributed by atoms with E-state index < -0.39 is 93.4 Å². The molecule has 15 heteroatoms. The molecule has 3 aliphatic rings. The second-order valence-corrected chi connectivity index (χ2v) is 12.6. The number of aliphatic hydroxyl groups excluding tert-OH is 2. The molecular formula is C36H28O15. The van der Waals surface area contributed by atoms with Gasteiger partial charge in [-0.2, -0.15) is 0 Å². The summed E-state index contributed by atoms with van der Waals surface area (Å²) in [7, 11) is 0. The average molecular weight is 701 g/mol. The van der Waals surface area contributed by atoms with Crippen LogP contribution in [0, 0.1) is 0 Å². The highest BCUT2D eigenvalue weighted by molar-refractivity contribution is 5.71. The predicted molar refractivity (Wildman–Crippen MR) is 171 cm³/mol. The molecule has 6 unspecified atom stereocenters. The molecule has 5 aromatic rings. The van der Waals surface area contributed by atoms with Gasteiger partial charge in [0.05, 0.1) is 11.8 Å². The summed E-state index contributed by atoms with van der Waals surface area (Å²) in [6.45, 7) is 0. The summed E-state index contributed by atoms with van der Waals surface area (Å²) in [5.74, 6) is -11.5. The maximum Gasteiger partial charge on any atom is 0.305 e. The highest BCUT2D eigenvalue weighted by atomic mass is 16.7. The number of aliphatic hydroxyl groups is 2. The second-order valence-electron chi connectivity index (χ2n) is 12.6. The number of phenolic OH excluding ortho intramolecular Hbond substituents is 10. The monoisotopic (exact) mass is 700 g/mol. The molecule has 0 aliphatic carbocycles. The van der Waals surface area contributed by atoms with E-state index in [1.807, 2.05) is 0 Å². The van der Waals surface area contributed by atoms with Crippen LogP contribution in [0.5, 0.6) is 74.7 Å². The third-order valence-corrected chi connectivity index (χ3v) is 9.60. The zero-order valence-corrected chi connectivity index (χ0v) is 25.8. The minimum atomic E-state index is -2.25. The van der Waals surface area contributed by atoms with Gasteiger partial charge in [-0.25, -0.2) is 0 Å². The van der Waals surface area contributed by atoms with Crippen molar-refractivity contribution in [2.45, 2.75) is 35.9 Å². The van der Waals surface area contributed by atoms with Gasteiger partial charge in [-0.3, -0.25) is 0 Å². The molecule has 5 aromatic carbocycles. The first kappa shape index (κ1) is 31.7. The fourth-order valence-corrected chi connectivity index (χ4v) is 7.40. The van der Waals surface area contributed by atoms with Gasteiger partial charge in [0.25, 0.3) is 0 Å². The largest absolute Gasteiger partial charge is 0.508 e. The van der Waals surface area contributed by atoms with E-state index in [1.54, 1.807) is 0 Å². The summed E-state index contributed by atoms with van der Waals surface area (Å²) in [5, 5.41) is 130. The first-order valence-corrected chi connectivity index (χ1v) is 15.4. The zero-order chi connectivity index (χ0) is 36.3. The van der Waals surface area contributed by atoms with Crippen molar-refractivity contribution in [2.75, 3.05) is 0 Å². The van der Waals surface area contributed by atoms with Crippen LogP contribution in [-0.4, -0.2) is 73.5 Å². The Morgan fingerprint density at radius 1 is 0.471 bits per heavy atom. The van der Waals surface area contributed by atoms with Gasteiger partial charge in [0.15, 0.2) is 29.1 Å². The molecule has 0 saturated carbocycles. The molecule has 15 nitrogen and oxygen atoms in total. The number of aromatic hydroxyl groups is 10. The van der Waals surface area contributed by atoms with Crippen LogP contribution in [0.1, 0.15) is 51.3 Å². The van der Waals surface area contributed by atoms with Gasteiger partial charge in [-0.15, -0.1) is 0 Å². The topological polar surface area (TPSA) is 270 Å². The molecule has 0 saturated heterocycles. The summed E-state index contributed by atoms with van der Waals surface area (Å²) < 4.78 is 18.9. The van der Waals surface area contributed by atoms with Crippen molar-refractivity contribution in [2.24, 2.45) is 0 Å². The summed E-state index contributed by atoms with van der Waals surface area (Å²) in [4.78, 5) is 0. The van der Waals surface area contributed by atoms with Gasteiger partial charge >= 0.3 is 5.79 Å². The third kappa shape index (κ3) is 4.45. The molecule has 8 rings (SSSR count). The fourth-order valence-electron chi connectivity index (χ4n) is 7.40. The Kier molecular flexibility index (Phi) is 6.65. The molecule has 51 heavy (non-hydrogen) atoms. The number of benzene rings is 5. The zero-order valence-electron chi connectivity index (χ0n) is 25.8. The first-order chi connectivity index (χ1) is 24.2. The quantitative estimate of drug-likeness (QED) is 0.120. The Morgan fingerprint density at radius 2 is 1.02 bits per heavy atom. The molecule has 0 aromatic heterocycles. The Balaban J connectivity index is 1.45. The highest BCUT2D eigenvalue weighted by Crippen LogP contribution is 2.64. The molecule has 6 atom stereocenters. The van der Waals surface area contributed by atoms with E-state index in [-0.39, 0.29) is 50.6 Å². The van der Waals surface area contributed by atoms with E-state index in [9.17, 15) is 61.3 Å². The standard InChI is InChI=1S/C36H28O15/c37-14-7-20(43)26(21(44)8-14)30-28-23(46)11-25-29(34(28)49-33(32(30)47)12-1-3-16(39)18(41)5-12)31-27-22(45)9-15(38)10-24(27)50-36(51-25,35(31)48)13-2-4-17(40)19(42)6-13/h1-11,30-33,35,37-48H.